The lowest BCUT2D eigenvalue weighted by Crippen LogP contribution is -2.35. The summed E-state index contributed by atoms with van der Waals surface area (Å²) in [5.41, 5.74) is 8.24. The molecule has 0 saturated carbocycles. The van der Waals surface area contributed by atoms with Crippen LogP contribution >= 0.6 is 0 Å². The van der Waals surface area contributed by atoms with Crippen molar-refractivity contribution in [1.82, 2.24) is 0 Å². The van der Waals surface area contributed by atoms with Gasteiger partial charge in [-0.1, -0.05) is 5.10 Å². The number of nitrogens with two attached hydrogens (primary N) is 1. The quantitative estimate of drug-likeness (QED) is 0.628. The molecule has 0 radical (unpaired) electrons. The van der Waals surface area contributed by atoms with Crippen LogP contribution in [0.25, 0.3) is 0 Å². The summed E-state index contributed by atoms with van der Waals surface area (Å²) in [4.78, 5) is 6.62. The van der Waals surface area contributed by atoms with Gasteiger partial charge < -0.3 is 10.0 Å². The van der Waals surface area contributed by atoms with Gasteiger partial charge >= 0.3 is 5.84 Å². The Kier molecular flexibility index (Phi) is 5.47. The molecule has 0 bridgehead atoms. The van der Waals surface area contributed by atoms with E-state index in [1.54, 1.807) is 23.0 Å². The molecule has 2 aliphatic heterocycles. The minimum Gasteiger partial charge on any atom is -0.393 e. The van der Waals surface area contributed by atoms with Crippen LogP contribution in [0.5, 0.6) is 0 Å². The number of hydrazone groups is 1. The van der Waals surface area contributed by atoms with Crippen LogP contribution in [0, 0.1) is 0 Å². The van der Waals surface area contributed by atoms with Crippen LogP contribution < -0.4 is 15.4 Å². The molecule has 1 aromatic carbocycles. The average Bonchev–Trinajstić information content (AvgIpc) is 2.96. The van der Waals surface area contributed by atoms with E-state index < -0.39 is 10.0 Å². The van der Waals surface area contributed by atoms with Gasteiger partial charge in [-0.3, -0.25) is 10.5 Å². The first kappa shape index (κ1) is 19.3. The maximum atomic E-state index is 11.8. The van der Waals surface area contributed by atoms with Gasteiger partial charge in [-0.25, -0.2) is 13.4 Å². The summed E-state index contributed by atoms with van der Waals surface area (Å²) >= 11 is 0. The van der Waals surface area contributed by atoms with Crippen molar-refractivity contribution in [2.45, 2.75) is 25.9 Å². The maximum Gasteiger partial charge on any atom is 0.321 e. The lowest BCUT2D eigenvalue weighted by Gasteiger charge is -2.31. The molecule has 0 amide bonds. The summed E-state index contributed by atoms with van der Waals surface area (Å²) in [6.07, 6.45) is 3.76. The zero-order valence-electron chi connectivity index (χ0n) is 15.5. The van der Waals surface area contributed by atoms with Crippen molar-refractivity contribution in [2.75, 3.05) is 35.5 Å². The zero-order valence-corrected chi connectivity index (χ0v) is 16.3. The Bertz CT molecular complexity index is 915. The van der Waals surface area contributed by atoms with Crippen molar-refractivity contribution in [3.63, 3.8) is 0 Å². The Hall–Kier alpha value is -2.46. The molecule has 4 N–H and O–H groups in total. The number of anilines is 2. The van der Waals surface area contributed by atoms with Crippen molar-refractivity contribution in [3.8, 4) is 0 Å². The molecule has 146 valence electrons. The van der Waals surface area contributed by atoms with Gasteiger partial charge in [-0.15, -0.1) is 4.68 Å². The number of nitrogens with zero attached hydrogens (tertiary/aromatic N) is 4. The van der Waals surface area contributed by atoms with Gasteiger partial charge in [0, 0.05) is 18.8 Å². The molecule has 27 heavy (non-hydrogen) atoms. The predicted octanol–water partition coefficient (Wildman–Crippen LogP) is 0.481. The molecule has 3 rings (SSSR count). The number of piperidine rings is 1. The summed E-state index contributed by atoms with van der Waals surface area (Å²) in [7, 11) is -3.48. The number of aliphatic hydroxyl groups is 1. The van der Waals surface area contributed by atoms with Crippen LogP contribution in [0.4, 0.5) is 17.1 Å². The molecule has 0 atom stereocenters. The van der Waals surface area contributed by atoms with Gasteiger partial charge in [0.2, 0.25) is 10.0 Å². The number of aliphatic imine (C=N–C) groups is 1. The molecular formula is C17H25N6O3S+. The van der Waals surface area contributed by atoms with Crippen molar-refractivity contribution in [1.29, 1.82) is 0 Å². The minimum absolute atomic E-state index is 0.276. The van der Waals surface area contributed by atoms with E-state index in [1.165, 1.54) is 0 Å². The number of rotatable bonds is 5. The van der Waals surface area contributed by atoms with Crippen LogP contribution in [0.2, 0.25) is 0 Å². The van der Waals surface area contributed by atoms with E-state index in [-0.39, 0.29) is 6.10 Å². The van der Waals surface area contributed by atoms with E-state index in [4.69, 9.17) is 5.73 Å². The van der Waals surface area contributed by atoms with Crippen LogP contribution in [-0.2, 0) is 10.0 Å². The standard InChI is InChI=1S/C17H24N6O3S/c1-3-23-17(18)16(11-19-23)20-14-5-4-12(10-15(14)21-27(2,25)26)22-8-6-13(24)7-9-22/h4-5,10-11,13,24H,3,6-9H2,1-2H3,(H2,18,19,21)/p+1. The molecule has 1 saturated heterocycles. The first-order valence-corrected chi connectivity index (χ1v) is 10.7. The SMILES string of the molecule is CC[N+]1=C(N)C(=Nc2ccc(N3CCC(O)CC3)cc2NS(C)(=O)=O)C=N1. The van der Waals surface area contributed by atoms with Gasteiger partial charge in [0.15, 0.2) is 5.71 Å². The largest absolute Gasteiger partial charge is 0.393 e. The van der Waals surface area contributed by atoms with Crippen molar-refractivity contribution < 1.29 is 18.2 Å². The highest BCUT2D eigenvalue weighted by molar-refractivity contribution is 7.92. The number of hydrogen-bond donors (Lipinski definition) is 3. The van der Waals surface area contributed by atoms with Crippen molar-refractivity contribution in [2.24, 2.45) is 15.8 Å². The van der Waals surface area contributed by atoms with Crippen LogP contribution in [-0.4, -0.2) is 68.0 Å². The Morgan fingerprint density at radius 3 is 2.70 bits per heavy atom. The summed E-state index contributed by atoms with van der Waals surface area (Å²) in [5.74, 6) is 0.428. The molecule has 2 heterocycles. The van der Waals surface area contributed by atoms with E-state index in [9.17, 15) is 13.5 Å². The van der Waals surface area contributed by atoms with E-state index in [0.29, 0.717) is 55.4 Å². The molecule has 10 heteroatoms. The molecule has 9 nitrogen and oxygen atoms in total. The molecule has 1 fully saturated rings. The zero-order chi connectivity index (χ0) is 19.6. The summed E-state index contributed by atoms with van der Waals surface area (Å²) in [6.45, 7) is 3.97. The highest BCUT2D eigenvalue weighted by atomic mass is 32.2. The first-order chi connectivity index (χ1) is 12.8. The molecule has 0 aliphatic carbocycles. The normalized spacial score (nSPS) is 20.0. The Balaban J connectivity index is 1.96. The van der Waals surface area contributed by atoms with Gasteiger partial charge in [-0.2, -0.15) is 0 Å². The third kappa shape index (κ3) is 4.64. The maximum absolute atomic E-state index is 11.8. The van der Waals surface area contributed by atoms with Gasteiger partial charge in [0.1, 0.15) is 12.8 Å². The summed E-state index contributed by atoms with van der Waals surface area (Å²) < 4.78 is 27.8. The number of aliphatic hydroxyl groups excluding tert-OH is 1. The number of amidine groups is 1. The third-order valence-corrected chi connectivity index (χ3v) is 5.10. The fourth-order valence-electron chi connectivity index (χ4n) is 3.08. The average molecular weight is 393 g/mol. The van der Waals surface area contributed by atoms with Crippen molar-refractivity contribution in [3.05, 3.63) is 18.2 Å². The minimum atomic E-state index is -3.48. The third-order valence-electron chi connectivity index (χ3n) is 4.51. The van der Waals surface area contributed by atoms with Gasteiger partial charge in [0.25, 0.3) is 0 Å². The van der Waals surface area contributed by atoms with Gasteiger partial charge in [-0.05, 0) is 38.0 Å². The van der Waals surface area contributed by atoms with E-state index in [2.05, 4.69) is 19.7 Å². The number of benzene rings is 1. The van der Waals surface area contributed by atoms with Crippen LogP contribution in [0.1, 0.15) is 19.8 Å². The Labute approximate surface area is 159 Å². The second-order valence-corrected chi connectivity index (χ2v) is 8.38. The monoisotopic (exact) mass is 393 g/mol. The number of nitrogens with one attached hydrogen (secondary N) is 1. The molecule has 1 aromatic rings. The van der Waals surface area contributed by atoms with Crippen LogP contribution in [0.15, 0.2) is 28.3 Å². The summed E-state index contributed by atoms with van der Waals surface area (Å²) in [6, 6.07) is 5.42. The molecular weight excluding hydrogens is 368 g/mol. The Morgan fingerprint density at radius 2 is 2.11 bits per heavy atom. The predicted molar refractivity (Wildman–Crippen MR) is 108 cm³/mol. The second-order valence-electron chi connectivity index (χ2n) is 6.64. The van der Waals surface area contributed by atoms with Gasteiger partial charge in [0.05, 0.1) is 23.7 Å². The number of sulfonamides is 1. The van der Waals surface area contributed by atoms with Crippen molar-refractivity contribution >= 4 is 44.8 Å². The second kappa shape index (κ2) is 7.65. The topological polar surface area (TPSA) is 123 Å². The lowest BCUT2D eigenvalue weighted by atomic mass is 10.1. The van der Waals surface area contributed by atoms with E-state index in [0.717, 1.165) is 11.9 Å². The van der Waals surface area contributed by atoms with E-state index >= 15 is 0 Å². The number of hydrogen-bond acceptors (Lipinski definition) is 7. The molecule has 0 spiro atoms. The fraction of sp³-hybridized carbons (Fsp3) is 0.471. The highest BCUT2D eigenvalue weighted by Gasteiger charge is 2.22. The summed E-state index contributed by atoms with van der Waals surface area (Å²) in [5, 5.41) is 13.8. The van der Waals surface area contributed by atoms with Crippen LogP contribution in [0.3, 0.4) is 0 Å². The molecule has 2 aliphatic rings. The smallest absolute Gasteiger partial charge is 0.321 e. The molecule has 0 aromatic heterocycles. The fourth-order valence-corrected chi connectivity index (χ4v) is 3.64. The first-order valence-electron chi connectivity index (χ1n) is 8.84. The highest BCUT2D eigenvalue weighted by Crippen LogP contribution is 2.32. The molecule has 0 unspecified atom stereocenters. The Morgan fingerprint density at radius 1 is 1.41 bits per heavy atom. The lowest BCUT2D eigenvalue weighted by molar-refractivity contribution is -0.526. The van der Waals surface area contributed by atoms with E-state index in [1.807, 2.05) is 13.0 Å².